The van der Waals surface area contributed by atoms with Gasteiger partial charge >= 0.3 is 0 Å². The molecule has 0 bridgehead atoms. The van der Waals surface area contributed by atoms with Crippen molar-refractivity contribution in [1.82, 2.24) is 10.3 Å². The summed E-state index contributed by atoms with van der Waals surface area (Å²) in [6.07, 6.45) is 4.69. The summed E-state index contributed by atoms with van der Waals surface area (Å²) in [6, 6.07) is 14.0. The van der Waals surface area contributed by atoms with E-state index in [1.807, 2.05) is 30.3 Å². The van der Waals surface area contributed by atoms with Gasteiger partial charge in [-0.2, -0.15) is 0 Å². The first-order chi connectivity index (χ1) is 15.2. The predicted molar refractivity (Wildman–Crippen MR) is 119 cm³/mol. The zero-order chi connectivity index (χ0) is 21.6. The summed E-state index contributed by atoms with van der Waals surface area (Å²) in [6.45, 7) is 3.83. The molecule has 1 aliphatic heterocycles. The molecule has 2 aromatic carbocycles. The lowest BCUT2D eigenvalue weighted by Crippen LogP contribution is -2.14. The van der Waals surface area contributed by atoms with Crippen molar-refractivity contribution in [2.75, 3.05) is 14.2 Å². The molecule has 1 aliphatic rings. The minimum Gasteiger partial charge on any atom is -0.497 e. The van der Waals surface area contributed by atoms with Crippen LogP contribution in [0.1, 0.15) is 29.2 Å². The van der Waals surface area contributed by atoms with Gasteiger partial charge in [0, 0.05) is 60.2 Å². The molecule has 0 radical (unpaired) electrons. The number of pyridine rings is 1. The first-order valence-corrected chi connectivity index (χ1v) is 10.4. The van der Waals surface area contributed by atoms with Crippen LogP contribution in [0.3, 0.4) is 0 Å². The number of nitrogens with zero attached hydrogens (tertiary/aromatic N) is 1. The lowest BCUT2D eigenvalue weighted by Gasteiger charge is -2.15. The minimum absolute atomic E-state index is 0.210. The van der Waals surface area contributed by atoms with Gasteiger partial charge < -0.3 is 24.3 Å². The van der Waals surface area contributed by atoms with E-state index in [4.69, 9.17) is 18.9 Å². The van der Waals surface area contributed by atoms with Gasteiger partial charge in [-0.25, -0.2) is 0 Å². The summed E-state index contributed by atoms with van der Waals surface area (Å²) < 4.78 is 23.0. The van der Waals surface area contributed by atoms with E-state index in [0.717, 1.165) is 46.1 Å². The fourth-order valence-electron chi connectivity index (χ4n) is 3.73. The van der Waals surface area contributed by atoms with Crippen molar-refractivity contribution in [3.63, 3.8) is 0 Å². The molecule has 1 unspecified atom stereocenters. The SMILES string of the molecule is COc1ccc(CNCc2cc3c(cc2OC)CC(C)O3)c(OCc2cccnc2)c1. The number of hydrogen-bond acceptors (Lipinski definition) is 6. The Morgan fingerprint density at radius 1 is 1.03 bits per heavy atom. The second kappa shape index (κ2) is 9.71. The number of aromatic nitrogens is 1. The molecular weight excluding hydrogens is 392 g/mol. The molecule has 4 rings (SSSR count). The molecule has 31 heavy (non-hydrogen) atoms. The number of ether oxygens (including phenoxy) is 4. The Morgan fingerprint density at radius 2 is 1.90 bits per heavy atom. The van der Waals surface area contributed by atoms with Crippen LogP contribution in [0.25, 0.3) is 0 Å². The van der Waals surface area contributed by atoms with Gasteiger partial charge in [0.1, 0.15) is 35.7 Å². The van der Waals surface area contributed by atoms with Crippen molar-refractivity contribution >= 4 is 0 Å². The van der Waals surface area contributed by atoms with Crippen molar-refractivity contribution in [2.45, 2.75) is 39.1 Å². The van der Waals surface area contributed by atoms with Gasteiger partial charge in [-0.3, -0.25) is 4.98 Å². The molecule has 0 aliphatic carbocycles. The number of rotatable bonds is 9. The molecule has 1 N–H and O–H groups in total. The van der Waals surface area contributed by atoms with Crippen LogP contribution in [0.5, 0.6) is 23.0 Å². The average Bonchev–Trinajstić information content (AvgIpc) is 3.17. The molecule has 0 spiro atoms. The van der Waals surface area contributed by atoms with Gasteiger partial charge in [-0.15, -0.1) is 0 Å². The molecule has 1 atom stereocenters. The molecule has 6 heteroatoms. The van der Waals surface area contributed by atoms with E-state index in [1.54, 1.807) is 26.6 Å². The Labute approximate surface area is 183 Å². The fraction of sp³-hybridized carbons (Fsp3) is 0.320. The van der Waals surface area contributed by atoms with Crippen molar-refractivity contribution in [3.05, 3.63) is 77.1 Å². The average molecular weight is 421 g/mol. The summed E-state index contributed by atoms with van der Waals surface area (Å²) in [7, 11) is 3.36. The lowest BCUT2D eigenvalue weighted by atomic mass is 10.1. The molecule has 1 aromatic heterocycles. The highest BCUT2D eigenvalue weighted by atomic mass is 16.5. The van der Waals surface area contributed by atoms with E-state index in [9.17, 15) is 0 Å². The minimum atomic E-state index is 0.210. The summed E-state index contributed by atoms with van der Waals surface area (Å²) in [5.41, 5.74) is 4.34. The number of nitrogens with one attached hydrogen (secondary N) is 1. The number of hydrogen-bond donors (Lipinski definition) is 1. The first kappa shape index (κ1) is 21.0. The smallest absolute Gasteiger partial charge is 0.127 e. The van der Waals surface area contributed by atoms with Crippen LogP contribution in [-0.2, 0) is 26.1 Å². The van der Waals surface area contributed by atoms with Crippen LogP contribution in [0, 0.1) is 0 Å². The van der Waals surface area contributed by atoms with Crippen LogP contribution in [0.4, 0.5) is 0 Å². The molecule has 162 valence electrons. The van der Waals surface area contributed by atoms with Crippen LogP contribution in [0.2, 0.25) is 0 Å². The summed E-state index contributed by atoms with van der Waals surface area (Å²) in [4.78, 5) is 4.14. The number of fused-ring (bicyclic) bond motifs is 1. The zero-order valence-corrected chi connectivity index (χ0v) is 18.2. The van der Waals surface area contributed by atoms with E-state index >= 15 is 0 Å². The highest BCUT2D eigenvalue weighted by Crippen LogP contribution is 2.35. The maximum atomic E-state index is 6.08. The molecule has 0 amide bonds. The van der Waals surface area contributed by atoms with Crippen molar-refractivity contribution in [2.24, 2.45) is 0 Å². The highest BCUT2D eigenvalue weighted by Gasteiger charge is 2.21. The Bertz CT molecular complexity index is 1020. The van der Waals surface area contributed by atoms with Crippen molar-refractivity contribution < 1.29 is 18.9 Å². The van der Waals surface area contributed by atoms with Crippen molar-refractivity contribution in [3.8, 4) is 23.0 Å². The van der Waals surface area contributed by atoms with E-state index in [2.05, 4.69) is 29.4 Å². The summed E-state index contributed by atoms with van der Waals surface area (Å²) >= 11 is 0. The van der Waals surface area contributed by atoms with E-state index in [0.29, 0.717) is 19.7 Å². The highest BCUT2D eigenvalue weighted by molar-refractivity contribution is 5.49. The zero-order valence-electron chi connectivity index (χ0n) is 18.2. The third-order valence-electron chi connectivity index (χ3n) is 5.32. The van der Waals surface area contributed by atoms with Gasteiger partial charge in [0.2, 0.25) is 0 Å². The monoisotopic (exact) mass is 420 g/mol. The molecule has 0 saturated heterocycles. The normalized spacial score (nSPS) is 14.6. The Balaban J connectivity index is 1.44. The molecule has 0 fully saturated rings. The van der Waals surface area contributed by atoms with E-state index in [1.165, 1.54) is 5.56 Å². The van der Waals surface area contributed by atoms with Crippen LogP contribution >= 0.6 is 0 Å². The summed E-state index contributed by atoms with van der Waals surface area (Å²) in [5.74, 6) is 3.38. The Hall–Kier alpha value is -3.25. The molecular formula is C25H28N2O4. The topological polar surface area (TPSA) is 61.8 Å². The third kappa shape index (κ3) is 5.09. The molecule has 0 saturated carbocycles. The molecule has 3 aromatic rings. The predicted octanol–water partition coefficient (Wildman–Crippen LogP) is 4.29. The van der Waals surface area contributed by atoms with Gasteiger partial charge in [0.25, 0.3) is 0 Å². The first-order valence-electron chi connectivity index (χ1n) is 10.4. The maximum Gasteiger partial charge on any atom is 0.127 e. The van der Waals surface area contributed by atoms with Gasteiger partial charge in [-0.1, -0.05) is 12.1 Å². The van der Waals surface area contributed by atoms with Crippen LogP contribution in [-0.4, -0.2) is 25.3 Å². The Kier molecular flexibility index (Phi) is 6.57. The molecule has 6 nitrogen and oxygen atoms in total. The second-order valence-electron chi connectivity index (χ2n) is 7.63. The van der Waals surface area contributed by atoms with Crippen molar-refractivity contribution in [1.29, 1.82) is 0 Å². The van der Waals surface area contributed by atoms with Crippen LogP contribution < -0.4 is 24.3 Å². The standard InChI is InChI=1S/C25H28N2O4/c1-17-9-20-10-23(29-3)21(11-25(20)31-17)15-27-14-19-6-7-22(28-2)12-24(19)30-16-18-5-4-8-26-13-18/h4-8,10-13,17,27H,9,14-16H2,1-3H3. The third-order valence-corrected chi connectivity index (χ3v) is 5.32. The number of benzene rings is 2. The van der Waals surface area contributed by atoms with Gasteiger partial charge in [-0.05, 0) is 31.2 Å². The fourth-order valence-corrected chi connectivity index (χ4v) is 3.73. The lowest BCUT2D eigenvalue weighted by molar-refractivity contribution is 0.254. The van der Waals surface area contributed by atoms with Gasteiger partial charge in [0.15, 0.2) is 0 Å². The van der Waals surface area contributed by atoms with Crippen LogP contribution in [0.15, 0.2) is 54.9 Å². The Morgan fingerprint density at radius 3 is 2.68 bits per heavy atom. The second-order valence-corrected chi connectivity index (χ2v) is 7.63. The number of methoxy groups -OCH3 is 2. The van der Waals surface area contributed by atoms with E-state index < -0.39 is 0 Å². The summed E-state index contributed by atoms with van der Waals surface area (Å²) in [5, 5.41) is 3.50. The maximum absolute atomic E-state index is 6.08. The quantitative estimate of drug-likeness (QED) is 0.557. The van der Waals surface area contributed by atoms with E-state index in [-0.39, 0.29) is 6.10 Å². The molecule has 2 heterocycles. The largest absolute Gasteiger partial charge is 0.497 e. The van der Waals surface area contributed by atoms with Gasteiger partial charge in [0.05, 0.1) is 14.2 Å².